The molecule has 7 heteroatoms. The summed E-state index contributed by atoms with van der Waals surface area (Å²) >= 11 is 0. The van der Waals surface area contributed by atoms with E-state index in [0.717, 1.165) is 0 Å². The van der Waals surface area contributed by atoms with Gasteiger partial charge in [0.15, 0.2) is 0 Å². The van der Waals surface area contributed by atoms with Crippen molar-refractivity contribution in [3.05, 3.63) is 16.1 Å². The number of hydrogen-bond acceptors (Lipinski definition) is 4. The second-order valence-corrected chi connectivity index (χ2v) is 3.29. The molecule has 0 atom stereocenters. The minimum Gasteiger partial charge on any atom is -0.508 e. The molecule has 1 heterocycles. The van der Waals surface area contributed by atoms with E-state index in [4.69, 9.17) is 0 Å². The number of hydrogen-bond donors (Lipinski definition) is 0. The van der Waals surface area contributed by atoms with Crippen molar-refractivity contribution in [3.8, 4) is 0 Å². The zero-order chi connectivity index (χ0) is 8.65. The second-order valence-electron chi connectivity index (χ2n) is 2.09. The zero-order valence-electron chi connectivity index (χ0n) is 6.99. The molecule has 12 heavy (non-hydrogen) atoms. The Bertz CT molecular complexity index is 331. The molecule has 0 spiro atoms. The van der Waals surface area contributed by atoms with Crippen LogP contribution in [0.3, 0.4) is 0 Å². The van der Waals surface area contributed by atoms with Crippen molar-refractivity contribution < 1.29 is 68.8 Å². The number of amides is 1. The molecule has 1 aliphatic heterocycles. The van der Waals surface area contributed by atoms with Crippen LogP contribution in [0.5, 0.6) is 0 Å². The van der Waals surface area contributed by atoms with Crippen LogP contribution in [0.15, 0.2) is 11.3 Å². The van der Waals surface area contributed by atoms with Gasteiger partial charge >= 0.3 is 51.4 Å². The number of carbonyl (C=O) groups is 1. The van der Waals surface area contributed by atoms with Gasteiger partial charge in [-0.2, -0.15) is 0 Å². The first kappa shape index (κ1) is 12.6. The molecule has 0 radical (unpaired) electrons. The van der Waals surface area contributed by atoms with E-state index >= 15 is 0 Å². The Morgan fingerprint density at radius 3 is 2.25 bits per heavy atom. The quantitative estimate of drug-likeness (QED) is 0.417. The van der Waals surface area contributed by atoms with Crippen molar-refractivity contribution >= 4 is 16.2 Å². The normalized spacial score (nSPS) is 20.7. The Hall–Kier alpha value is 0.596. The van der Waals surface area contributed by atoms with Gasteiger partial charge in [0.2, 0.25) is 0 Å². The summed E-state index contributed by atoms with van der Waals surface area (Å²) in [7, 11) is -4.00. The summed E-state index contributed by atoms with van der Waals surface area (Å²) in [4.78, 5) is 10.7. The molecule has 0 saturated heterocycles. The maximum absolute atomic E-state index is 10.7. The molecule has 1 amide bonds. The molecule has 0 saturated carbocycles. The summed E-state index contributed by atoms with van der Waals surface area (Å²) in [6, 6.07) is 0. The number of rotatable bonds is 0. The molecular weight excluding hydrogens is 209 g/mol. The van der Waals surface area contributed by atoms with Crippen molar-refractivity contribution in [1.29, 1.82) is 0 Å². The van der Waals surface area contributed by atoms with Gasteiger partial charge in [0.05, 0.1) is 5.91 Å². The van der Waals surface area contributed by atoms with Crippen LogP contribution in [0.2, 0.25) is 0 Å². The first-order valence-electron chi connectivity index (χ1n) is 2.81. The fourth-order valence-electron chi connectivity index (χ4n) is 0.560. The van der Waals surface area contributed by atoms with Crippen LogP contribution in [0.1, 0.15) is 13.8 Å². The van der Waals surface area contributed by atoms with Gasteiger partial charge in [0, 0.05) is 5.57 Å². The number of carbonyl (C=O) groups excluding carboxylic acids is 1. The van der Waals surface area contributed by atoms with Crippen LogP contribution in [-0.4, -0.2) is 14.3 Å². The van der Waals surface area contributed by atoms with Gasteiger partial charge in [-0.25, -0.2) is 8.42 Å². The van der Waals surface area contributed by atoms with Gasteiger partial charge < -0.3 is 13.7 Å². The molecule has 0 aliphatic carbocycles. The number of allylic oxidation sites excluding steroid dienone is 1. The molecule has 1 aliphatic rings. The minimum atomic E-state index is -4.00. The molecule has 0 bridgehead atoms. The van der Waals surface area contributed by atoms with Crippen LogP contribution in [0.25, 0.3) is 4.72 Å². The Balaban J connectivity index is 0.00000121. The monoisotopic (exact) mass is 215 g/mol. The summed E-state index contributed by atoms with van der Waals surface area (Å²) in [5, 5.41) is 0. The predicted molar refractivity (Wildman–Crippen MR) is 36.7 cm³/mol. The molecule has 1 rings (SSSR count). The van der Waals surface area contributed by atoms with Gasteiger partial charge in [0.25, 0.3) is 10.3 Å². The second kappa shape index (κ2) is 4.21. The van der Waals surface area contributed by atoms with Crippen molar-refractivity contribution in [3.63, 3.8) is 0 Å². The van der Waals surface area contributed by atoms with E-state index in [1.54, 1.807) is 0 Å². The van der Waals surface area contributed by atoms with E-state index in [1.807, 2.05) is 0 Å². The molecule has 0 fully saturated rings. The van der Waals surface area contributed by atoms with Crippen molar-refractivity contribution in [2.24, 2.45) is 0 Å². The van der Waals surface area contributed by atoms with E-state index in [0.29, 0.717) is 0 Å². The fourth-order valence-corrected chi connectivity index (χ4v) is 1.38. The van der Waals surface area contributed by atoms with Crippen molar-refractivity contribution in [2.75, 3.05) is 0 Å². The van der Waals surface area contributed by atoms with Gasteiger partial charge in [-0.15, -0.1) is 0 Å². The zero-order valence-corrected chi connectivity index (χ0v) is 10.9. The molecule has 0 unspecified atom stereocenters. The average molecular weight is 215 g/mol. The smallest absolute Gasteiger partial charge is 0.508 e. The molecule has 62 valence electrons. The van der Waals surface area contributed by atoms with Gasteiger partial charge in [-0.3, -0.25) is 0 Å². The topological polar surface area (TPSA) is 74.5 Å². The maximum Gasteiger partial charge on any atom is 1.00 e. The Kier molecular flexibility index (Phi) is 4.41. The van der Waals surface area contributed by atoms with Crippen molar-refractivity contribution in [1.82, 2.24) is 0 Å². The third-order valence-corrected chi connectivity index (χ3v) is 2.12. The van der Waals surface area contributed by atoms with Crippen molar-refractivity contribution in [2.45, 2.75) is 13.8 Å². The van der Waals surface area contributed by atoms with Gasteiger partial charge in [-0.05, 0) is 13.8 Å². The van der Waals surface area contributed by atoms with Crippen LogP contribution in [-0.2, 0) is 19.3 Å². The number of nitrogens with zero attached hydrogens (tertiary/aromatic N) is 1. The first-order chi connectivity index (χ1) is 4.92. The summed E-state index contributed by atoms with van der Waals surface area (Å²) in [5.74, 6) is -0.668. The summed E-state index contributed by atoms with van der Waals surface area (Å²) < 4.78 is 28.3. The molecule has 0 aromatic rings. The van der Waals surface area contributed by atoms with E-state index < -0.39 is 16.2 Å². The fraction of sp³-hybridized carbons (Fsp3) is 0.400. The summed E-state index contributed by atoms with van der Waals surface area (Å²) in [5.41, 5.74) is 0.222. The van der Waals surface area contributed by atoms with E-state index in [-0.39, 0.29) is 62.7 Å². The molecule has 0 aromatic carbocycles. The summed E-state index contributed by atoms with van der Waals surface area (Å²) in [6.07, 6.45) is 0. The summed E-state index contributed by atoms with van der Waals surface area (Å²) in [6.45, 7) is 2.86. The Morgan fingerprint density at radius 2 is 1.83 bits per heavy atom. The van der Waals surface area contributed by atoms with Crippen LogP contribution in [0.4, 0.5) is 0 Å². The van der Waals surface area contributed by atoms with E-state index in [9.17, 15) is 13.2 Å². The maximum atomic E-state index is 10.7. The predicted octanol–water partition coefficient (Wildman–Crippen LogP) is -2.54. The Labute approximate surface area is 113 Å². The molecule has 0 N–H and O–H groups in total. The molecule has 0 aromatic heterocycles. The molecular formula is C5H6KNO4S. The van der Waals surface area contributed by atoms with Gasteiger partial charge in [0.1, 0.15) is 5.76 Å². The largest absolute Gasteiger partial charge is 1.00 e. The van der Waals surface area contributed by atoms with E-state index in [1.165, 1.54) is 13.8 Å². The third-order valence-electron chi connectivity index (χ3n) is 1.27. The Morgan fingerprint density at radius 1 is 1.33 bits per heavy atom. The van der Waals surface area contributed by atoms with Crippen LogP contribution >= 0.6 is 0 Å². The standard InChI is InChI=1S/C5H7NO4S.K/c1-3-4(2)10-11(8,9)6-5(3)7;/h1-2H3,(H,6,7);/q;+1/p-1. The average Bonchev–Trinajstić information content (AvgIpc) is 1.81. The minimum absolute atomic E-state index is 0. The van der Waals surface area contributed by atoms with E-state index in [2.05, 4.69) is 8.91 Å². The first-order valence-corrected chi connectivity index (χ1v) is 4.18. The third kappa shape index (κ3) is 2.82. The van der Waals surface area contributed by atoms with Crippen LogP contribution in [0, 0.1) is 0 Å². The SMILES string of the molecule is CC1=C(C)C(=O)[N-]S(=O)(=O)O1.[K+]. The van der Waals surface area contributed by atoms with Gasteiger partial charge in [-0.1, -0.05) is 0 Å². The van der Waals surface area contributed by atoms with Crippen LogP contribution < -0.4 is 51.4 Å². The molecule has 5 nitrogen and oxygen atoms in total.